The van der Waals surface area contributed by atoms with Crippen LogP contribution in [0.25, 0.3) is 0 Å². The minimum atomic E-state index is -0.766. The van der Waals surface area contributed by atoms with E-state index in [2.05, 4.69) is 5.32 Å². The molecule has 2 rings (SSSR count). The van der Waals surface area contributed by atoms with Gasteiger partial charge in [0.1, 0.15) is 0 Å². The first kappa shape index (κ1) is 11.5. The first-order valence-electron chi connectivity index (χ1n) is 5.93. The Labute approximate surface area is 94.9 Å². The van der Waals surface area contributed by atoms with Gasteiger partial charge in [0.15, 0.2) is 11.6 Å². The van der Waals surface area contributed by atoms with Crippen molar-refractivity contribution in [3.05, 3.63) is 35.4 Å². The van der Waals surface area contributed by atoms with Crippen LogP contribution >= 0.6 is 0 Å². The van der Waals surface area contributed by atoms with Crippen molar-refractivity contribution in [2.45, 2.75) is 38.1 Å². The summed E-state index contributed by atoms with van der Waals surface area (Å²) in [7, 11) is 0. The molecule has 0 radical (unpaired) electrons. The molecule has 0 spiro atoms. The molecule has 1 heterocycles. The highest BCUT2D eigenvalue weighted by Gasteiger charge is 2.12. The summed E-state index contributed by atoms with van der Waals surface area (Å²) in [5.41, 5.74) is 0.873. The number of hydrogen-bond donors (Lipinski definition) is 1. The summed E-state index contributed by atoms with van der Waals surface area (Å²) in [6, 6.07) is 4.60. The van der Waals surface area contributed by atoms with Gasteiger partial charge in [-0.15, -0.1) is 0 Å². The van der Waals surface area contributed by atoms with Crippen LogP contribution in [0.4, 0.5) is 8.78 Å². The van der Waals surface area contributed by atoms with Crippen molar-refractivity contribution < 1.29 is 8.78 Å². The molecule has 1 aromatic carbocycles. The molecule has 1 N–H and O–H groups in total. The molecule has 1 atom stereocenters. The molecule has 0 aliphatic carbocycles. The maximum absolute atomic E-state index is 13.0. The molecule has 0 aromatic heterocycles. The lowest BCUT2D eigenvalue weighted by molar-refractivity contribution is 0.492. The van der Waals surface area contributed by atoms with Crippen LogP contribution in [0.5, 0.6) is 0 Å². The number of benzene rings is 1. The third kappa shape index (κ3) is 3.01. The topological polar surface area (TPSA) is 12.0 Å². The number of rotatable bonds is 2. The molecule has 0 saturated carbocycles. The number of halogens is 2. The van der Waals surface area contributed by atoms with Crippen molar-refractivity contribution in [1.29, 1.82) is 0 Å². The summed E-state index contributed by atoms with van der Waals surface area (Å²) in [5, 5.41) is 3.45. The first-order chi connectivity index (χ1) is 7.75. The Bertz CT molecular complexity index is 344. The molecule has 0 bridgehead atoms. The van der Waals surface area contributed by atoms with Crippen LogP contribution in [-0.4, -0.2) is 12.6 Å². The first-order valence-corrected chi connectivity index (χ1v) is 5.93. The fourth-order valence-corrected chi connectivity index (χ4v) is 2.23. The van der Waals surface area contributed by atoms with Crippen LogP contribution < -0.4 is 5.32 Å². The lowest BCUT2D eigenvalue weighted by Gasteiger charge is -2.15. The van der Waals surface area contributed by atoms with E-state index in [-0.39, 0.29) is 0 Å². The van der Waals surface area contributed by atoms with Gasteiger partial charge >= 0.3 is 0 Å². The second-order valence-corrected chi connectivity index (χ2v) is 4.45. The van der Waals surface area contributed by atoms with Crippen molar-refractivity contribution in [3.8, 4) is 0 Å². The summed E-state index contributed by atoms with van der Waals surface area (Å²) in [6.45, 7) is 1.04. The molecule has 1 aliphatic heterocycles. The van der Waals surface area contributed by atoms with Crippen LogP contribution in [0.3, 0.4) is 0 Å². The minimum absolute atomic E-state index is 0.410. The molecule has 3 heteroatoms. The van der Waals surface area contributed by atoms with Gasteiger partial charge in [-0.2, -0.15) is 0 Å². The average Bonchev–Trinajstić information content (AvgIpc) is 2.52. The lowest BCUT2D eigenvalue weighted by atomic mass is 10.0. The van der Waals surface area contributed by atoms with Gasteiger partial charge in [-0.1, -0.05) is 18.9 Å². The zero-order valence-corrected chi connectivity index (χ0v) is 9.31. The quantitative estimate of drug-likeness (QED) is 0.815. The van der Waals surface area contributed by atoms with Crippen molar-refractivity contribution in [3.63, 3.8) is 0 Å². The average molecular weight is 225 g/mol. The molecule has 1 nitrogen and oxygen atoms in total. The van der Waals surface area contributed by atoms with Crippen LogP contribution in [0.1, 0.15) is 31.2 Å². The zero-order valence-electron chi connectivity index (χ0n) is 9.31. The van der Waals surface area contributed by atoms with Crippen molar-refractivity contribution in [1.82, 2.24) is 5.32 Å². The van der Waals surface area contributed by atoms with E-state index in [1.807, 2.05) is 0 Å². The van der Waals surface area contributed by atoms with Crippen LogP contribution in [0.2, 0.25) is 0 Å². The molecule has 1 fully saturated rings. The van der Waals surface area contributed by atoms with Gasteiger partial charge in [0.05, 0.1) is 0 Å². The molecule has 88 valence electrons. The third-order valence-electron chi connectivity index (χ3n) is 3.13. The Morgan fingerprint density at radius 2 is 2.00 bits per heavy atom. The largest absolute Gasteiger partial charge is 0.314 e. The van der Waals surface area contributed by atoms with Gasteiger partial charge in [-0.05, 0) is 43.5 Å². The van der Waals surface area contributed by atoms with Crippen LogP contribution in [0, 0.1) is 11.6 Å². The second-order valence-electron chi connectivity index (χ2n) is 4.45. The summed E-state index contributed by atoms with van der Waals surface area (Å²) in [6.07, 6.45) is 5.62. The van der Waals surface area contributed by atoms with Gasteiger partial charge in [0.2, 0.25) is 0 Å². The molecule has 0 amide bonds. The Morgan fingerprint density at radius 3 is 2.81 bits per heavy atom. The van der Waals surface area contributed by atoms with Gasteiger partial charge in [-0.3, -0.25) is 0 Å². The minimum Gasteiger partial charge on any atom is -0.314 e. The molecule has 16 heavy (non-hydrogen) atoms. The van der Waals surface area contributed by atoms with E-state index >= 15 is 0 Å². The fourth-order valence-electron chi connectivity index (χ4n) is 2.23. The van der Waals surface area contributed by atoms with Crippen molar-refractivity contribution >= 4 is 0 Å². The molecule has 1 aliphatic rings. The molecular formula is C13H17F2N. The smallest absolute Gasteiger partial charge is 0.159 e. The highest BCUT2D eigenvalue weighted by molar-refractivity contribution is 5.18. The summed E-state index contributed by atoms with van der Waals surface area (Å²) < 4.78 is 25.8. The van der Waals surface area contributed by atoms with Gasteiger partial charge < -0.3 is 5.32 Å². The fraction of sp³-hybridized carbons (Fsp3) is 0.538. The van der Waals surface area contributed by atoms with Crippen molar-refractivity contribution in [2.24, 2.45) is 0 Å². The Morgan fingerprint density at radius 1 is 1.12 bits per heavy atom. The normalized spacial score (nSPS) is 21.8. The highest BCUT2D eigenvalue weighted by Crippen LogP contribution is 2.15. The van der Waals surface area contributed by atoms with Crippen molar-refractivity contribution in [2.75, 3.05) is 6.54 Å². The van der Waals surface area contributed by atoms with Crippen LogP contribution in [-0.2, 0) is 6.42 Å². The van der Waals surface area contributed by atoms with Gasteiger partial charge in [-0.25, -0.2) is 8.78 Å². The molecule has 1 saturated heterocycles. The lowest BCUT2D eigenvalue weighted by Crippen LogP contribution is -2.30. The Balaban J connectivity index is 1.99. The van der Waals surface area contributed by atoms with E-state index < -0.39 is 11.6 Å². The van der Waals surface area contributed by atoms with Gasteiger partial charge in [0, 0.05) is 6.04 Å². The molecular weight excluding hydrogens is 208 g/mol. The number of hydrogen-bond acceptors (Lipinski definition) is 1. The third-order valence-corrected chi connectivity index (χ3v) is 3.13. The van der Waals surface area contributed by atoms with E-state index in [1.54, 1.807) is 6.07 Å². The molecule has 1 aromatic rings. The maximum atomic E-state index is 13.0. The van der Waals surface area contributed by atoms with E-state index in [4.69, 9.17) is 0 Å². The van der Waals surface area contributed by atoms with Gasteiger partial charge in [0.25, 0.3) is 0 Å². The summed E-state index contributed by atoms with van der Waals surface area (Å²) in [4.78, 5) is 0. The Hall–Kier alpha value is -0.960. The monoisotopic (exact) mass is 225 g/mol. The summed E-state index contributed by atoms with van der Waals surface area (Å²) in [5.74, 6) is -1.51. The standard InChI is InChI=1S/C13H17F2N/c14-12-6-5-10(9-13(12)15)8-11-4-2-1-3-7-16-11/h5-6,9,11,16H,1-4,7-8H2. The SMILES string of the molecule is Fc1ccc(CC2CCCCCN2)cc1F. The van der Waals surface area contributed by atoms with E-state index in [1.165, 1.54) is 31.4 Å². The zero-order chi connectivity index (χ0) is 11.4. The van der Waals surface area contributed by atoms with E-state index in [9.17, 15) is 8.78 Å². The predicted octanol–water partition coefficient (Wildman–Crippen LogP) is 3.04. The predicted molar refractivity (Wildman–Crippen MR) is 60.3 cm³/mol. The van der Waals surface area contributed by atoms with E-state index in [0.717, 1.165) is 24.9 Å². The second kappa shape index (κ2) is 5.39. The van der Waals surface area contributed by atoms with Crippen LogP contribution in [0.15, 0.2) is 18.2 Å². The molecule has 1 unspecified atom stereocenters. The highest BCUT2D eigenvalue weighted by atomic mass is 19.2. The summed E-state index contributed by atoms with van der Waals surface area (Å²) >= 11 is 0. The Kier molecular flexibility index (Phi) is 3.88. The maximum Gasteiger partial charge on any atom is 0.159 e. The number of nitrogens with one attached hydrogen (secondary N) is 1. The van der Waals surface area contributed by atoms with E-state index in [0.29, 0.717) is 6.04 Å².